The first kappa shape index (κ1) is 14.2. The third kappa shape index (κ3) is 2.34. The molecule has 1 saturated carbocycles. The van der Waals surface area contributed by atoms with Crippen molar-refractivity contribution in [2.45, 2.75) is 37.3 Å². The lowest BCUT2D eigenvalue weighted by atomic mass is 9.98. The second-order valence-electron chi connectivity index (χ2n) is 6.87. The molecule has 0 radical (unpaired) electrons. The lowest BCUT2D eigenvalue weighted by Crippen LogP contribution is -2.60. The molecule has 2 atom stereocenters. The molecule has 22 heavy (non-hydrogen) atoms. The topological polar surface area (TPSA) is 50.6 Å². The highest BCUT2D eigenvalue weighted by Crippen LogP contribution is 2.41. The SMILES string of the molecule is CN1CC[C@H]2OCCN(C(=O)c3cnn(C)c3C3CC3)[C@H]2C1. The molecule has 6 heteroatoms. The third-order valence-corrected chi connectivity index (χ3v) is 5.23. The smallest absolute Gasteiger partial charge is 0.257 e. The Hall–Kier alpha value is -1.40. The molecule has 3 aliphatic rings. The number of amides is 1. The van der Waals surface area contributed by atoms with E-state index in [9.17, 15) is 4.79 Å². The minimum Gasteiger partial charge on any atom is -0.374 e. The van der Waals surface area contributed by atoms with Gasteiger partial charge in [-0.1, -0.05) is 0 Å². The van der Waals surface area contributed by atoms with Crippen LogP contribution in [0.4, 0.5) is 0 Å². The molecule has 6 nitrogen and oxygen atoms in total. The first-order chi connectivity index (χ1) is 10.6. The maximum atomic E-state index is 13.1. The van der Waals surface area contributed by atoms with Crippen molar-refractivity contribution in [3.8, 4) is 0 Å². The highest BCUT2D eigenvalue weighted by molar-refractivity contribution is 5.95. The fourth-order valence-corrected chi connectivity index (χ4v) is 3.89. The van der Waals surface area contributed by atoms with Crippen molar-refractivity contribution in [1.82, 2.24) is 19.6 Å². The number of likely N-dealkylation sites (tertiary alicyclic amines) is 1. The van der Waals surface area contributed by atoms with Gasteiger partial charge >= 0.3 is 0 Å². The number of hydrogen-bond acceptors (Lipinski definition) is 4. The predicted molar refractivity (Wildman–Crippen MR) is 81.9 cm³/mol. The third-order valence-electron chi connectivity index (χ3n) is 5.23. The molecule has 0 unspecified atom stereocenters. The van der Waals surface area contributed by atoms with Gasteiger partial charge in [-0.25, -0.2) is 0 Å². The fourth-order valence-electron chi connectivity index (χ4n) is 3.89. The van der Waals surface area contributed by atoms with Crippen LogP contribution in [0, 0.1) is 0 Å². The summed E-state index contributed by atoms with van der Waals surface area (Å²) < 4.78 is 7.79. The number of fused-ring (bicyclic) bond motifs is 1. The van der Waals surface area contributed by atoms with Gasteiger partial charge in [0.15, 0.2) is 0 Å². The Kier molecular flexibility index (Phi) is 3.46. The Balaban J connectivity index is 1.61. The molecule has 0 N–H and O–H groups in total. The van der Waals surface area contributed by atoms with E-state index in [1.54, 1.807) is 6.20 Å². The molecule has 0 bridgehead atoms. The van der Waals surface area contributed by atoms with E-state index < -0.39 is 0 Å². The average Bonchev–Trinajstić information content (AvgIpc) is 3.28. The van der Waals surface area contributed by atoms with Crippen LogP contribution in [0.1, 0.15) is 41.2 Å². The monoisotopic (exact) mass is 304 g/mol. The van der Waals surface area contributed by atoms with E-state index in [0.717, 1.165) is 30.8 Å². The number of carbonyl (C=O) groups excluding carboxylic acids is 1. The molecule has 3 heterocycles. The quantitative estimate of drug-likeness (QED) is 0.812. The molecule has 4 rings (SSSR count). The number of likely N-dealkylation sites (N-methyl/N-ethyl adjacent to an activating group) is 1. The van der Waals surface area contributed by atoms with Gasteiger partial charge in [-0.3, -0.25) is 9.48 Å². The number of piperidine rings is 1. The normalized spacial score (nSPS) is 29.5. The van der Waals surface area contributed by atoms with Gasteiger partial charge in [-0.05, 0) is 26.3 Å². The molecule has 0 spiro atoms. The number of ether oxygens (including phenoxy) is 1. The van der Waals surface area contributed by atoms with Gasteiger partial charge in [0.25, 0.3) is 5.91 Å². The van der Waals surface area contributed by atoms with Crippen molar-refractivity contribution < 1.29 is 9.53 Å². The summed E-state index contributed by atoms with van der Waals surface area (Å²) >= 11 is 0. The Bertz CT molecular complexity index is 581. The summed E-state index contributed by atoms with van der Waals surface area (Å²) in [4.78, 5) is 17.5. The van der Waals surface area contributed by atoms with E-state index in [4.69, 9.17) is 4.74 Å². The van der Waals surface area contributed by atoms with Crippen LogP contribution < -0.4 is 0 Å². The average molecular weight is 304 g/mol. The van der Waals surface area contributed by atoms with Crippen LogP contribution in [0.25, 0.3) is 0 Å². The number of carbonyl (C=O) groups is 1. The molecule has 0 aromatic carbocycles. The van der Waals surface area contributed by atoms with Crippen molar-refractivity contribution in [2.24, 2.45) is 7.05 Å². The first-order valence-corrected chi connectivity index (χ1v) is 8.28. The lowest BCUT2D eigenvalue weighted by molar-refractivity contribution is -0.0870. The number of nitrogens with zero attached hydrogens (tertiary/aromatic N) is 4. The second-order valence-corrected chi connectivity index (χ2v) is 6.87. The van der Waals surface area contributed by atoms with Gasteiger partial charge in [0.1, 0.15) is 0 Å². The minimum absolute atomic E-state index is 0.142. The minimum atomic E-state index is 0.142. The number of hydrogen-bond donors (Lipinski definition) is 0. The van der Waals surface area contributed by atoms with Crippen LogP contribution in [-0.2, 0) is 11.8 Å². The van der Waals surface area contributed by atoms with Crippen molar-refractivity contribution in [1.29, 1.82) is 0 Å². The van der Waals surface area contributed by atoms with Crippen LogP contribution in [0.2, 0.25) is 0 Å². The van der Waals surface area contributed by atoms with E-state index in [1.165, 1.54) is 12.8 Å². The maximum absolute atomic E-state index is 13.1. The van der Waals surface area contributed by atoms with Gasteiger partial charge in [0.2, 0.25) is 0 Å². The van der Waals surface area contributed by atoms with E-state index in [0.29, 0.717) is 19.1 Å². The summed E-state index contributed by atoms with van der Waals surface area (Å²) in [5.41, 5.74) is 1.93. The van der Waals surface area contributed by atoms with Gasteiger partial charge in [0.05, 0.1) is 36.2 Å². The van der Waals surface area contributed by atoms with E-state index in [2.05, 4.69) is 17.0 Å². The lowest BCUT2D eigenvalue weighted by Gasteiger charge is -2.46. The zero-order chi connectivity index (χ0) is 15.3. The summed E-state index contributed by atoms with van der Waals surface area (Å²) in [6.07, 6.45) is 5.31. The maximum Gasteiger partial charge on any atom is 0.257 e. The molecule has 2 aliphatic heterocycles. The summed E-state index contributed by atoms with van der Waals surface area (Å²) in [7, 11) is 4.06. The molecule has 1 amide bonds. The number of aromatic nitrogens is 2. The highest BCUT2D eigenvalue weighted by atomic mass is 16.5. The molecular weight excluding hydrogens is 280 g/mol. The van der Waals surface area contributed by atoms with Crippen LogP contribution in [0.15, 0.2) is 6.20 Å². The Morgan fingerprint density at radius 3 is 2.86 bits per heavy atom. The summed E-state index contributed by atoms with van der Waals surface area (Å²) in [5.74, 6) is 0.668. The molecule has 1 aromatic rings. The molecule has 3 fully saturated rings. The fraction of sp³-hybridized carbons (Fsp3) is 0.750. The van der Waals surface area contributed by atoms with Crippen LogP contribution in [0.5, 0.6) is 0 Å². The Morgan fingerprint density at radius 1 is 1.27 bits per heavy atom. The molecule has 2 saturated heterocycles. The summed E-state index contributed by atoms with van der Waals surface area (Å²) in [6, 6.07) is 0.173. The van der Waals surface area contributed by atoms with Crippen molar-refractivity contribution in [3.05, 3.63) is 17.5 Å². The molecular formula is C16H24N4O2. The molecule has 1 aromatic heterocycles. The number of aryl methyl sites for hydroxylation is 1. The van der Waals surface area contributed by atoms with Crippen LogP contribution in [0.3, 0.4) is 0 Å². The second kappa shape index (κ2) is 5.35. The van der Waals surface area contributed by atoms with Crippen molar-refractivity contribution in [2.75, 3.05) is 33.3 Å². The van der Waals surface area contributed by atoms with E-state index in [1.807, 2.05) is 16.6 Å². The van der Waals surface area contributed by atoms with Crippen LogP contribution in [-0.4, -0.2) is 70.9 Å². The van der Waals surface area contributed by atoms with Gasteiger partial charge < -0.3 is 14.5 Å². The summed E-state index contributed by atoms with van der Waals surface area (Å²) in [5, 5.41) is 4.34. The Morgan fingerprint density at radius 2 is 2.09 bits per heavy atom. The van der Waals surface area contributed by atoms with E-state index >= 15 is 0 Å². The van der Waals surface area contributed by atoms with Gasteiger partial charge in [0, 0.05) is 32.6 Å². The zero-order valence-corrected chi connectivity index (χ0v) is 13.4. The van der Waals surface area contributed by atoms with Gasteiger partial charge in [-0.15, -0.1) is 0 Å². The van der Waals surface area contributed by atoms with E-state index in [-0.39, 0.29) is 18.1 Å². The summed E-state index contributed by atoms with van der Waals surface area (Å²) in [6.45, 7) is 3.28. The van der Waals surface area contributed by atoms with Crippen molar-refractivity contribution >= 4 is 5.91 Å². The standard InChI is InChI=1S/C16H24N4O2/c1-18-6-5-14-13(10-18)20(7-8-22-14)16(21)12-9-17-19(2)15(12)11-3-4-11/h9,11,13-14H,3-8,10H2,1-2H3/t13-,14+/m0/s1. The molecule has 120 valence electrons. The zero-order valence-electron chi connectivity index (χ0n) is 13.4. The van der Waals surface area contributed by atoms with Crippen molar-refractivity contribution in [3.63, 3.8) is 0 Å². The van der Waals surface area contributed by atoms with Crippen LogP contribution >= 0.6 is 0 Å². The predicted octanol–water partition coefficient (Wildman–Crippen LogP) is 0.843. The highest BCUT2D eigenvalue weighted by Gasteiger charge is 2.40. The largest absolute Gasteiger partial charge is 0.374 e. The number of morpholine rings is 1. The Labute approximate surface area is 131 Å². The first-order valence-electron chi connectivity index (χ1n) is 8.28. The van der Waals surface area contributed by atoms with Gasteiger partial charge in [-0.2, -0.15) is 5.10 Å². The molecule has 1 aliphatic carbocycles. The number of rotatable bonds is 2.